The van der Waals surface area contributed by atoms with E-state index in [-0.39, 0.29) is 17.0 Å². The van der Waals surface area contributed by atoms with Gasteiger partial charge in [-0.1, -0.05) is 18.2 Å². The van der Waals surface area contributed by atoms with Gasteiger partial charge in [-0.05, 0) is 17.7 Å². The maximum Gasteiger partial charge on any atom is 0.175 e. The molecule has 2 aromatic rings. The maximum atomic E-state index is 5.10. The monoisotopic (exact) mass is 291 g/mol. The summed E-state index contributed by atoms with van der Waals surface area (Å²) in [5, 5.41) is 0. The highest BCUT2D eigenvalue weighted by Gasteiger charge is 1.93. The van der Waals surface area contributed by atoms with Crippen molar-refractivity contribution in [3.05, 3.63) is 60.4 Å². The van der Waals surface area contributed by atoms with Crippen molar-refractivity contribution < 1.29 is 26.3 Å². The first kappa shape index (κ1) is 13.5. The number of hydrogen-bond donors (Lipinski definition) is 0. The molecule has 0 amide bonds. The molecule has 0 atom stereocenters. The number of rotatable bonds is 3. The highest BCUT2D eigenvalue weighted by molar-refractivity contribution is 5.57. The minimum Gasteiger partial charge on any atom is -1.00 e. The Morgan fingerprint density at radius 1 is 1.00 bits per heavy atom. The molecule has 0 bridgehead atoms. The van der Waals surface area contributed by atoms with E-state index in [0.29, 0.717) is 0 Å². The standard InChI is InChI=1S/C14H14NO.BrH/c1-16-14-7-5-13(6-8-14)9-12-15-10-3-2-4-11-15;/h2-12H,1H3;1H/q+1;/p-1/b12-9+;. The normalized spacial score (nSPS) is 9.94. The number of aromatic nitrogens is 1. The molecule has 0 N–H and O–H groups in total. The van der Waals surface area contributed by atoms with Crippen LogP contribution in [0.4, 0.5) is 0 Å². The Balaban J connectivity index is 0.00000144. The summed E-state index contributed by atoms with van der Waals surface area (Å²) < 4.78 is 7.11. The second-order valence-electron chi connectivity index (χ2n) is 3.41. The van der Waals surface area contributed by atoms with Crippen molar-refractivity contribution in [3.8, 4) is 5.75 Å². The molecule has 0 radical (unpaired) electrons. The fourth-order valence-corrected chi connectivity index (χ4v) is 1.40. The summed E-state index contributed by atoms with van der Waals surface area (Å²) in [5.74, 6) is 0.879. The molecule has 88 valence electrons. The van der Waals surface area contributed by atoms with E-state index in [1.807, 2.05) is 65.6 Å². The van der Waals surface area contributed by atoms with Crippen LogP contribution in [0, 0.1) is 0 Å². The molecule has 0 saturated carbocycles. The quantitative estimate of drug-likeness (QED) is 0.703. The molecule has 2 rings (SSSR count). The average Bonchev–Trinajstić information content (AvgIpc) is 2.38. The van der Waals surface area contributed by atoms with Crippen molar-refractivity contribution in [2.24, 2.45) is 0 Å². The van der Waals surface area contributed by atoms with E-state index in [1.165, 1.54) is 0 Å². The van der Waals surface area contributed by atoms with Gasteiger partial charge < -0.3 is 21.7 Å². The molecule has 0 saturated heterocycles. The second kappa shape index (κ2) is 6.86. The first-order valence-electron chi connectivity index (χ1n) is 5.16. The molecular weight excluding hydrogens is 278 g/mol. The third-order valence-corrected chi connectivity index (χ3v) is 2.29. The van der Waals surface area contributed by atoms with Crippen LogP contribution in [0.2, 0.25) is 0 Å². The Labute approximate surface area is 112 Å². The van der Waals surface area contributed by atoms with Crippen molar-refractivity contribution in [2.45, 2.75) is 0 Å². The van der Waals surface area contributed by atoms with Gasteiger partial charge in [0.1, 0.15) is 5.75 Å². The third-order valence-electron chi connectivity index (χ3n) is 2.29. The lowest BCUT2D eigenvalue weighted by molar-refractivity contribution is -0.567. The van der Waals surface area contributed by atoms with Gasteiger partial charge in [0.25, 0.3) is 0 Å². The van der Waals surface area contributed by atoms with E-state index in [0.717, 1.165) is 11.3 Å². The van der Waals surface area contributed by atoms with E-state index in [1.54, 1.807) is 7.11 Å². The zero-order valence-corrected chi connectivity index (χ0v) is 11.2. The van der Waals surface area contributed by atoms with Crippen LogP contribution in [0.25, 0.3) is 12.3 Å². The predicted molar refractivity (Wildman–Crippen MR) is 64.9 cm³/mol. The molecule has 0 aliphatic carbocycles. The number of hydrogen-bond acceptors (Lipinski definition) is 1. The summed E-state index contributed by atoms with van der Waals surface area (Å²) in [6, 6.07) is 14.0. The molecule has 0 fully saturated rings. The van der Waals surface area contributed by atoms with Crippen molar-refractivity contribution in [1.82, 2.24) is 0 Å². The molecule has 3 heteroatoms. The first-order valence-corrected chi connectivity index (χ1v) is 5.16. The molecule has 0 aliphatic rings. The Bertz CT molecular complexity index is 465. The average molecular weight is 292 g/mol. The molecule has 1 heterocycles. The highest BCUT2D eigenvalue weighted by atomic mass is 79.9. The second-order valence-corrected chi connectivity index (χ2v) is 3.41. The number of benzene rings is 1. The largest absolute Gasteiger partial charge is 1.00 e. The van der Waals surface area contributed by atoms with Crippen molar-refractivity contribution in [1.29, 1.82) is 0 Å². The Hall–Kier alpha value is -1.61. The van der Waals surface area contributed by atoms with E-state index in [2.05, 4.69) is 6.08 Å². The molecule has 1 aromatic heterocycles. The zero-order valence-electron chi connectivity index (χ0n) is 9.58. The zero-order chi connectivity index (χ0) is 11.2. The summed E-state index contributed by atoms with van der Waals surface area (Å²) in [6.45, 7) is 0. The van der Waals surface area contributed by atoms with Gasteiger partial charge >= 0.3 is 0 Å². The summed E-state index contributed by atoms with van der Waals surface area (Å²) in [7, 11) is 1.67. The van der Waals surface area contributed by atoms with E-state index in [4.69, 9.17) is 4.74 Å². The number of nitrogens with zero attached hydrogens (tertiary/aromatic N) is 1. The van der Waals surface area contributed by atoms with Gasteiger partial charge in [-0.25, -0.2) is 0 Å². The maximum absolute atomic E-state index is 5.10. The lowest BCUT2D eigenvalue weighted by Gasteiger charge is -1.98. The lowest BCUT2D eigenvalue weighted by Crippen LogP contribution is -3.00. The summed E-state index contributed by atoms with van der Waals surface area (Å²) in [4.78, 5) is 0. The van der Waals surface area contributed by atoms with E-state index in [9.17, 15) is 0 Å². The Kier molecular flexibility index (Phi) is 5.43. The highest BCUT2D eigenvalue weighted by Crippen LogP contribution is 2.11. The Morgan fingerprint density at radius 3 is 2.24 bits per heavy atom. The molecule has 0 spiro atoms. The first-order chi connectivity index (χ1) is 7.88. The van der Waals surface area contributed by atoms with Gasteiger partial charge in [0.15, 0.2) is 18.6 Å². The lowest BCUT2D eigenvalue weighted by atomic mass is 10.2. The number of pyridine rings is 1. The SMILES string of the molecule is COc1ccc(/C=C/[n+]2ccccc2)cc1.[Br-]. The smallest absolute Gasteiger partial charge is 0.175 e. The molecule has 1 aromatic carbocycles. The van der Waals surface area contributed by atoms with Crippen molar-refractivity contribution in [3.63, 3.8) is 0 Å². The number of methoxy groups -OCH3 is 1. The van der Waals surface area contributed by atoms with Crippen LogP contribution < -0.4 is 26.3 Å². The molecule has 2 nitrogen and oxygen atoms in total. The third kappa shape index (κ3) is 4.04. The van der Waals surface area contributed by atoms with Gasteiger partial charge in [0.05, 0.1) is 7.11 Å². The molecular formula is C14H14BrNO. The van der Waals surface area contributed by atoms with Crippen LogP contribution in [0.1, 0.15) is 5.56 Å². The van der Waals surface area contributed by atoms with Crippen LogP contribution in [0.5, 0.6) is 5.75 Å². The van der Waals surface area contributed by atoms with Crippen LogP contribution in [-0.4, -0.2) is 7.11 Å². The Morgan fingerprint density at radius 2 is 1.65 bits per heavy atom. The van der Waals surface area contributed by atoms with Crippen LogP contribution in [0.3, 0.4) is 0 Å². The summed E-state index contributed by atoms with van der Waals surface area (Å²) >= 11 is 0. The van der Waals surface area contributed by atoms with Gasteiger partial charge in [-0.3, -0.25) is 0 Å². The fourth-order valence-electron chi connectivity index (χ4n) is 1.40. The van der Waals surface area contributed by atoms with E-state index < -0.39 is 0 Å². The van der Waals surface area contributed by atoms with Gasteiger partial charge in [-0.15, -0.1) is 0 Å². The number of ether oxygens (including phenoxy) is 1. The molecule has 0 aliphatic heterocycles. The fraction of sp³-hybridized carbons (Fsp3) is 0.0714. The summed E-state index contributed by atoms with van der Waals surface area (Å²) in [6.07, 6.45) is 8.07. The minimum absolute atomic E-state index is 0. The molecule has 17 heavy (non-hydrogen) atoms. The van der Waals surface area contributed by atoms with Crippen molar-refractivity contribution >= 4 is 12.3 Å². The minimum atomic E-state index is 0. The topological polar surface area (TPSA) is 13.1 Å². The van der Waals surface area contributed by atoms with Gasteiger partial charge in [-0.2, -0.15) is 4.57 Å². The van der Waals surface area contributed by atoms with Crippen LogP contribution in [0.15, 0.2) is 54.9 Å². The summed E-state index contributed by atoms with van der Waals surface area (Å²) in [5.41, 5.74) is 1.15. The van der Waals surface area contributed by atoms with Gasteiger partial charge in [0, 0.05) is 18.2 Å². The van der Waals surface area contributed by atoms with E-state index >= 15 is 0 Å². The van der Waals surface area contributed by atoms with Crippen molar-refractivity contribution in [2.75, 3.05) is 7.11 Å². The number of halogens is 1. The predicted octanol–water partition coefficient (Wildman–Crippen LogP) is -0.385. The van der Waals surface area contributed by atoms with Crippen LogP contribution >= 0.6 is 0 Å². The van der Waals surface area contributed by atoms with Crippen LogP contribution in [-0.2, 0) is 0 Å². The molecule has 0 unspecified atom stereocenters. The van der Waals surface area contributed by atoms with Gasteiger partial charge in [0.2, 0.25) is 0 Å².